The van der Waals surface area contributed by atoms with Crippen molar-refractivity contribution in [3.05, 3.63) is 29.0 Å². The van der Waals surface area contributed by atoms with E-state index < -0.39 is 5.54 Å². The van der Waals surface area contributed by atoms with Gasteiger partial charge in [-0.3, -0.25) is 0 Å². The summed E-state index contributed by atoms with van der Waals surface area (Å²) in [6.07, 6.45) is 1.61. The minimum absolute atomic E-state index is 0.390. The minimum Gasteiger partial charge on any atom is -0.381 e. The standard InChI is InChI=1S/C13H16ClN3O/c1-17-11-8-9(14)2-3-10(11)16-12(17)13(15)4-6-18-7-5-13/h2-3,8H,4-7,15H2,1H3. The number of hydrogen-bond donors (Lipinski definition) is 1. The van der Waals surface area contributed by atoms with Crippen molar-refractivity contribution in [1.82, 2.24) is 9.55 Å². The Bertz CT molecular complexity index is 587. The molecule has 2 aromatic rings. The van der Waals surface area contributed by atoms with E-state index in [4.69, 9.17) is 22.1 Å². The van der Waals surface area contributed by atoms with Gasteiger partial charge in [0.1, 0.15) is 5.82 Å². The Labute approximate surface area is 111 Å². The van der Waals surface area contributed by atoms with E-state index in [1.807, 2.05) is 29.8 Å². The summed E-state index contributed by atoms with van der Waals surface area (Å²) in [5.41, 5.74) is 8.06. The van der Waals surface area contributed by atoms with E-state index >= 15 is 0 Å². The molecule has 0 radical (unpaired) electrons. The lowest BCUT2D eigenvalue weighted by molar-refractivity contribution is 0.0484. The Hall–Kier alpha value is -1.10. The van der Waals surface area contributed by atoms with Crippen LogP contribution in [0.1, 0.15) is 18.7 Å². The lowest BCUT2D eigenvalue weighted by Gasteiger charge is -2.32. The lowest BCUT2D eigenvalue weighted by atomic mass is 9.90. The Kier molecular flexibility index (Phi) is 2.81. The molecule has 18 heavy (non-hydrogen) atoms. The van der Waals surface area contributed by atoms with Crippen LogP contribution in [-0.2, 0) is 17.3 Å². The second-order valence-electron chi connectivity index (χ2n) is 4.90. The zero-order valence-corrected chi connectivity index (χ0v) is 11.1. The molecule has 2 heterocycles. The molecular weight excluding hydrogens is 250 g/mol. The molecule has 1 saturated heterocycles. The van der Waals surface area contributed by atoms with Gasteiger partial charge in [0.2, 0.25) is 0 Å². The maximum atomic E-state index is 6.49. The van der Waals surface area contributed by atoms with Crippen molar-refractivity contribution in [2.24, 2.45) is 12.8 Å². The van der Waals surface area contributed by atoms with Crippen molar-refractivity contribution in [3.63, 3.8) is 0 Å². The molecule has 0 saturated carbocycles. The molecule has 0 aliphatic carbocycles. The fraction of sp³-hybridized carbons (Fsp3) is 0.462. The van der Waals surface area contributed by atoms with Gasteiger partial charge in [0, 0.05) is 25.3 Å². The van der Waals surface area contributed by atoms with Gasteiger partial charge in [-0.25, -0.2) is 4.98 Å². The van der Waals surface area contributed by atoms with Gasteiger partial charge in [-0.2, -0.15) is 0 Å². The van der Waals surface area contributed by atoms with Crippen LogP contribution in [0.5, 0.6) is 0 Å². The first-order chi connectivity index (χ1) is 8.60. The van der Waals surface area contributed by atoms with Crippen molar-refractivity contribution in [2.45, 2.75) is 18.4 Å². The highest BCUT2D eigenvalue weighted by molar-refractivity contribution is 6.31. The number of aromatic nitrogens is 2. The smallest absolute Gasteiger partial charge is 0.129 e. The van der Waals surface area contributed by atoms with Gasteiger partial charge in [-0.05, 0) is 31.0 Å². The average molecular weight is 266 g/mol. The molecule has 96 valence electrons. The molecule has 0 spiro atoms. The Balaban J connectivity index is 2.14. The Morgan fingerprint density at radius 3 is 2.83 bits per heavy atom. The summed E-state index contributed by atoms with van der Waals surface area (Å²) in [5, 5.41) is 0.718. The number of nitrogens with zero attached hydrogens (tertiary/aromatic N) is 2. The van der Waals surface area contributed by atoms with Crippen LogP contribution in [-0.4, -0.2) is 22.8 Å². The number of fused-ring (bicyclic) bond motifs is 1. The fourth-order valence-electron chi connectivity index (χ4n) is 2.57. The predicted octanol–water partition coefficient (Wildman–Crippen LogP) is 2.19. The monoisotopic (exact) mass is 265 g/mol. The summed E-state index contributed by atoms with van der Waals surface area (Å²) in [6.45, 7) is 1.39. The molecule has 1 aromatic heterocycles. The summed E-state index contributed by atoms with van der Waals surface area (Å²) < 4.78 is 7.43. The first kappa shape index (κ1) is 12.0. The Morgan fingerprint density at radius 1 is 1.39 bits per heavy atom. The summed E-state index contributed by atoms with van der Waals surface area (Å²) in [6, 6.07) is 5.72. The zero-order chi connectivity index (χ0) is 12.8. The summed E-state index contributed by atoms with van der Waals surface area (Å²) in [7, 11) is 1.99. The molecule has 0 amide bonds. The molecule has 1 aliphatic rings. The normalized spacial score (nSPS) is 19.3. The van der Waals surface area contributed by atoms with Crippen LogP contribution in [0.25, 0.3) is 11.0 Å². The van der Waals surface area contributed by atoms with Gasteiger partial charge < -0.3 is 15.0 Å². The van der Waals surface area contributed by atoms with Crippen molar-refractivity contribution in [2.75, 3.05) is 13.2 Å². The van der Waals surface area contributed by atoms with Gasteiger partial charge in [-0.1, -0.05) is 11.6 Å². The SMILES string of the molecule is Cn1c(C2(N)CCOCC2)nc2ccc(Cl)cc21. The number of hydrogen-bond acceptors (Lipinski definition) is 3. The van der Waals surface area contributed by atoms with Gasteiger partial charge in [0.05, 0.1) is 16.6 Å². The number of benzene rings is 1. The quantitative estimate of drug-likeness (QED) is 0.860. The van der Waals surface area contributed by atoms with Gasteiger partial charge in [-0.15, -0.1) is 0 Å². The molecule has 0 bridgehead atoms. The van der Waals surface area contributed by atoms with Crippen LogP contribution in [0.2, 0.25) is 5.02 Å². The molecule has 1 fully saturated rings. The Morgan fingerprint density at radius 2 is 2.11 bits per heavy atom. The maximum absolute atomic E-state index is 6.49. The zero-order valence-electron chi connectivity index (χ0n) is 10.3. The van der Waals surface area contributed by atoms with Crippen LogP contribution < -0.4 is 5.73 Å². The molecular formula is C13H16ClN3O. The first-order valence-corrected chi connectivity index (χ1v) is 6.47. The number of rotatable bonds is 1. The maximum Gasteiger partial charge on any atom is 0.129 e. The highest BCUT2D eigenvalue weighted by atomic mass is 35.5. The number of nitrogens with two attached hydrogens (primary N) is 1. The second kappa shape index (κ2) is 4.23. The first-order valence-electron chi connectivity index (χ1n) is 6.09. The van der Waals surface area contributed by atoms with E-state index in [-0.39, 0.29) is 0 Å². The van der Waals surface area contributed by atoms with Crippen molar-refractivity contribution in [1.29, 1.82) is 0 Å². The summed E-state index contributed by atoms with van der Waals surface area (Å²) in [5.74, 6) is 0.920. The molecule has 4 nitrogen and oxygen atoms in total. The topological polar surface area (TPSA) is 53.1 Å². The van der Waals surface area contributed by atoms with E-state index in [2.05, 4.69) is 4.98 Å². The van der Waals surface area contributed by atoms with Crippen molar-refractivity contribution < 1.29 is 4.74 Å². The molecule has 3 rings (SSSR count). The van der Waals surface area contributed by atoms with E-state index in [1.54, 1.807) is 0 Å². The number of aryl methyl sites for hydroxylation is 1. The molecule has 5 heteroatoms. The summed E-state index contributed by atoms with van der Waals surface area (Å²) >= 11 is 6.03. The fourth-order valence-corrected chi connectivity index (χ4v) is 2.73. The van der Waals surface area contributed by atoms with E-state index in [0.717, 1.165) is 34.7 Å². The average Bonchev–Trinajstić information content (AvgIpc) is 2.68. The molecule has 0 unspecified atom stereocenters. The second-order valence-corrected chi connectivity index (χ2v) is 5.33. The van der Waals surface area contributed by atoms with E-state index in [9.17, 15) is 0 Å². The number of ether oxygens (including phenoxy) is 1. The van der Waals surface area contributed by atoms with Gasteiger partial charge in [0.15, 0.2) is 0 Å². The third-order valence-corrected chi connectivity index (χ3v) is 3.91. The van der Waals surface area contributed by atoms with Crippen LogP contribution in [0, 0.1) is 0 Å². The molecule has 0 atom stereocenters. The van der Waals surface area contributed by atoms with Crippen LogP contribution in [0.15, 0.2) is 18.2 Å². The molecule has 1 aromatic carbocycles. The predicted molar refractivity (Wildman–Crippen MR) is 71.6 cm³/mol. The van der Waals surface area contributed by atoms with Gasteiger partial charge >= 0.3 is 0 Å². The highest BCUT2D eigenvalue weighted by Crippen LogP contribution is 2.31. The van der Waals surface area contributed by atoms with E-state index in [1.165, 1.54) is 0 Å². The van der Waals surface area contributed by atoms with Crippen LogP contribution in [0.4, 0.5) is 0 Å². The van der Waals surface area contributed by atoms with Crippen molar-refractivity contribution >= 4 is 22.6 Å². The lowest BCUT2D eigenvalue weighted by Crippen LogP contribution is -2.44. The largest absolute Gasteiger partial charge is 0.381 e. The molecule has 2 N–H and O–H groups in total. The van der Waals surface area contributed by atoms with Crippen LogP contribution >= 0.6 is 11.6 Å². The number of imidazole rings is 1. The minimum atomic E-state index is -0.390. The van der Waals surface area contributed by atoms with E-state index in [0.29, 0.717) is 13.2 Å². The van der Waals surface area contributed by atoms with Gasteiger partial charge in [0.25, 0.3) is 0 Å². The highest BCUT2D eigenvalue weighted by Gasteiger charge is 2.34. The molecule has 1 aliphatic heterocycles. The van der Waals surface area contributed by atoms with Crippen LogP contribution in [0.3, 0.4) is 0 Å². The number of halogens is 1. The third-order valence-electron chi connectivity index (χ3n) is 3.67. The summed E-state index contributed by atoms with van der Waals surface area (Å²) in [4.78, 5) is 4.67. The third kappa shape index (κ3) is 1.81. The van der Waals surface area contributed by atoms with Crippen molar-refractivity contribution in [3.8, 4) is 0 Å².